The second kappa shape index (κ2) is 7.77. The Labute approximate surface area is 138 Å². The zero-order valence-electron chi connectivity index (χ0n) is 13.1. The second-order valence-corrected chi connectivity index (χ2v) is 4.72. The number of amides is 1. The fourth-order valence-corrected chi connectivity index (χ4v) is 1.89. The number of carbonyl (C=O) groups excluding carboxylic acids is 2. The summed E-state index contributed by atoms with van der Waals surface area (Å²) >= 11 is 0. The summed E-state index contributed by atoms with van der Waals surface area (Å²) in [5.41, 5.74) is 3.06. The Bertz CT molecular complexity index is 786. The van der Waals surface area contributed by atoms with Crippen molar-refractivity contribution in [1.82, 2.24) is 5.43 Å². The number of ether oxygens (including phenoxy) is 2. The minimum absolute atomic E-state index is 0.123. The molecule has 2 N–H and O–H groups in total. The molecule has 0 bridgehead atoms. The van der Waals surface area contributed by atoms with E-state index in [2.05, 4.69) is 10.5 Å². The Balaban J connectivity index is 2.08. The predicted molar refractivity (Wildman–Crippen MR) is 87.5 cm³/mol. The molecule has 0 aromatic heterocycles. The van der Waals surface area contributed by atoms with Gasteiger partial charge < -0.3 is 14.6 Å². The Morgan fingerprint density at radius 1 is 1.17 bits per heavy atom. The highest BCUT2D eigenvalue weighted by Gasteiger charge is 2.09. The van der Waals surface area contributed by atoms with Gasteiger partial charge in [-0.2, -0.15) is 5.10 Å². The van der Waals surface area contributed by atoms with Crippen LogP contribution in [0.3, 0.4) is 0 Å². The van der Waals surface area contributed by atoms with Crippen molar-refractivity contribution in [1.29, 1.82) is 0 Å². The van der Waals surface area contributed by atoms with E-state index in [4.69, 9.17) is 9.47 Å². The van der Waals surface area contributed by atoms with E-state index in [1.54, 1.807) is 30.3 Å². The minimum atomic E-state index is -0.534. The van der Waals surface area contributed by atoms with Crippen LogP contribution in [0.25, 0.3) is 0 Å². The maximum absolute atomic E-state index is 11.9. The van der Waals surface area contributed by atoms with E-state index in [9.17, 15) is 14.7 Å². The third-order valence-corrected chi connectivity index (χ3v) is 2.97. The number of aromatic hydroxyl groups is 1. The van der Waals surface area contributed by atoms with E-state index in [0.717, 1.165) is 0 Å². The van der Waals surface area contributed by atoms with Gasteiger partial charge in [0.2, 0.25) is 0 Å². The third kappa shape index (κ3) is 4.33. The summed E-state index contributed by atoms with van der Waals surface area (Å²) in [4.78, 5) is 22.9. The molecular formula is C17H16N2O5. The van der Waals surface area contributed by atoms with Gasteiger partial charge in [0.1, 0.15) is 5.75 Å². The Kier molecular flexibility index (Phi) is 5.51. The molecule has 7 nitrogen and oxygen atoms in total. The number of esters is 1. The maximum Gasteiger partial charge on any atom is 0.308 e. The first kappa shape index (κ1) is 17.0. The van der Waals surface area contributed by atoms with Gasteiger partial charge >= 0.3 is 5.97 Å². The fraction of sp³-hybridized carbons (Fsp3) is 0.118. The van der Waals surface area contributed by atoms with Crippen LogP contribution in [0, 0.1) is 0 Å². The van der Waals surface area contributed by atoms with E-state index >= 15 is 0 Å². The van der Waals surface area contributed by atoms with Crippen molar-refractivity contribution < 1.29 is 24.2 Å². The van der Waals surface area contributed by atoms with Crippen molar-refractivity contribution in [3.63, 3.8) is 0 Å². The van der Waals surface area contributed by atoms with Gasteiger partial charge in [-0.3, -0.25) is 9.59 Å². The lowest BCUT2D eigenvalue weighted by Crippen LogP contribution is -2.17. The number of para-hydroxylation sites is 1. The van der Waals surface area contributed by atoms with Crippen LogP contribution in [0.5, 0.6) is 17.2 Å². The number of nitrogens with zero attached hydrogens (tertiary/aromatic N) is 1. The molecule has 0 spiro atoms. The van der Waals surface area contributed by atoms with Gasteiger partial charge in [-0.1, -0.05) is 12.1 Å². The summed E-state index contributed by atoms with van der Waals surface area (Å²) in [7, 11) is 1.45. The van der Waals surface area contributed by atoms with Crippen molar-refractivity contribution >= 4 is 18.1 Å². The van der Waals surface area contributed by atoms with Crippen LogP contribution in [-0.2, 0) is 4.79 Å². The maximum atomic E-state index is 11.9. The van der Waals surface area contributed by atoms with E-state index in [-0.39, 0.29) is 11.3 Å². The van der Waals surface area contributed by atoms with Crippen molar-refractivity contribution in [2.45, 2.75) is 6.92 Å². The van der Waals surface area contributed by atoms with Gasteiger partial charge in [-0.05, 0) is 35.9 Å². The summed E-state index contributed by atoms with van der Waals surface area (Å²) in [6, 6.07) is 11.0. The molecule has 24 heavy (non-hydrogen) atoms. The lowest BCUT2D eigenvalue weighted by Gasteiger charge is -2.08. The van der Waals surface area contributed by atoms with Crippen LogP contribution in [0.2, 0.25) is 0 Å². The van der Waals surface area contributed by atoms with Crippen molar-refractivity contribution in [2.75, 3.05) is 7.11 Å². The number of methoxy groups -OCH3 is 1. The molecule has 0 saturated carbocycles. The summed E-state index contributed by atoms with van der Waals surface area (Å²) < 4.78 is 10.1. The minimum Gasteiger partial charge on any atom is -0.507 e. The largest absolute Gasteiger partial charge is 0.507 e. The van der Waals surface area contributed by atoms with Crippen molar-refractivity contribution in [3.05, 3.63) is 53.6 Å². The molecule has 0 aliphatic carbocycles. The highest BCUT2D eigenvalue weighted by Crippen LogP contribution is 2.27. The number of phenols is 1. The number of carbonyl (C=O) groups is 2. The normalized spacial score (nSPS) is 10.4. The van der Waals surface area contributed by atoms with Crippen LogP contribution < -0.4 is 14.9 Å². The molecular weight excluding hydrogens is 312 g/mol. The molecule has 0 atom stereocenters. The third-order valence-electron chi connectivity index (χ3n) is 2.97. The number of phenolic OH excluding ortho intramolecular Hbond substituents is 1. The van der Waals surface area contributed by atoms with E-state index in [1.165, 1.54) is 32.4 Å². The molecule has 2 aromatic rings. The van der Waals surface area contributed by atoms with E-state index in [1.807, 2.05) is 0 Å². The first-order valence-corrected chi connectivity index (χ1v) is 6.99. The fourth-order valence-electron chi connectivity index (χ4n) is 1.89. The first-order valence-electron chi connectivity index (χ1n) is 6.99. The SMILES string of the molecule is COc1cc(/C=N/NC(=O)c2ccccc2O)ccc1OC(C)=O. The summed E-state index contributed by atoms with van der Waals surface area (Å²) in [5.74, 6) is -0.461. The molecule has 0 aliphatic heterocycles. The molecule has 0 fully saturated rings. The second-order valence-electron chi connectivity index (χ2n) is 4.72. The molecule has 0 unspecified atom stereocenters. The number of rotatable bonds is 5. The molecule has 0 radical (unpaired) electrons. The van der Waals surface area contributed by atoms with Crippen LogP contribution in [0.15, 0.2) is 47.6 Å². The van der Waals surface area contributed by atoms with Gasteiger partial charge in [-0.15, -0.1) is 0 Å². The molecule has 1 amide bonds. The number of hydrogen-bond acceptors (Lipinski definition) is 6. The van der Waals surface area contributed by atoms with Gasteiger partial charge in [0.15, 0.2) is 11.5 Å². The number of benzene rings is 2. The lowest BCUT2D eigenvalue weighted by atomic mass is 10.2. The van der Waals surface area contributed by atoms with Gasteiger partial charge in [0.25, 0.3) is 5.91 Å². The quantitative estimate of drug-likeness (QED) is 0.379. The topological polar surface area (TPSA) is 97.2 Å². The van der Waals surface area contributed by atoms with Crippen molar-refractivity contribution in [3.8, 4) is 17.2 Å². The molecule has 2 aromatic carbocycles. The Morgan fingerprint density at radius 3 is 2.58 bits per heavy atom. The Hall–Kier alpha value is -3.35. The number of nitrogens with one attached hydrogen (secondary N) is 1. The predicted octanol–water partition coefficient (Wildman–Crippen LogP) is 2.09. The molecule has 7 heteroatoms. The van der Waals surface area contributed by atoms with Gasteiger partial charge in [0, 0.05) is 6.92 Å². The summed E-state index contributed by atoms with van der Waals surface area (Å²) in [6.07, 6.45) is 1.40. The average molecular weight is 328 g/mol. The molecule has 0 aliphatic rings. The highest BCUT2D eigenvalue weighted by atomic mass is 16.6. The summed E-state index contributed by atoms with van der Waals surface area (Å²) in [6.45, 7) is 1.29. The smallest absolute Gasteiger partial charge is 0.308 e. The number of hydrazone groups is 1. The monoisotopic (exact) mass is 328 g/mol. The lowest BCUT2D eigenvalue weighted by molar-refractivity contribution is -0.132. The number of hydrogen-bond donors (Lipinski definition) is 2. The standard InChI is InChI=1S/C17H16N2O5/c1-11(20)24-15-8-7-12(9-16(15)23-2)10-18-19-17(22)13-5-3-4-6-14(13)21/h3-10,21H,1-2H3,(H,19,22)/b18-10+. The van der Waals surface area contributed by atoms with Crippen LogP contribution in [-0.4, -0.2) is 30.3 Å². The molecule has 124 valence electrons. The zero-order chi connectivity index (χ0) is 17.5. The zero-order valence-corrected chi connectivity index (χ0v) is 13.1. The van der Waals surface area contributed by atoms with Gasteiger partial charge in [0.05, 0.1) is 18.9 Å². The highest BCUT2D eigenvalue weighted by molar-refractivity contribution is 5.97. The van der Waals surface area contributed by atoms with Crippen LogP contribution >= 0.6 is 0 Å². The Morgan fingerprint density at radius 2 is 1.92 bits per heavy atom. The van der Waals surface area contributed by atoms with Crippen molar-refractivity contribution in [2.24, 2.45) is 5.10 Å². The van der Waals surface area contributed by atoms with Crippen LogP contribution in [0.4, 0.5) is 0 Å². The van der Waals surface area contributed by atoms with Gasteiger partial charge in [-0.25, -0.2) is 5.43 Å². The first-order chi connectivity index (χ1) is 11.5. The summed E-state index contributed by atoms with van der Waals surface area (Å²) in [5, 5.41) is 13.4. The molecule has 0 heterocycles. The van der Waals surface area contributed by atoms with Crippen LogP contribution in [0.1, 0.15) is 22.8 Å². The van der Waals surface area contributed by atoms with E-state index < -0.39 is 11.9 Å². The van der Waals surface area contributed by atoms with E-state index in [0.29, 0.717) is 17.1 Å². The molecule has 2 rings (SSSR count). The molecule has 0 saturated heterocycles. The average Bonchev–Trinajstić information content (AvgIpc) is 2.56.